The number of allylic oxidation sites excluding steroid dienone is 1. The summed E-state index contributed by atoms with van der Waals surface area (Å²) >= 11 is 0. The largest absolute Gasteiger partial charge is 0.248 e. The highest BCUT2D eigenvalue weighted by atomic mass is 14.7. The quantitative estimate of drug-likeness (QED) is 0.693. The molecule has 0 bridgehead atoms. The molecular formula is C15H15N. The Morgan fingerprint density at radius 2 is 2.00 bits per heavy atom. The molecule has 1 aromatic heterocycles. The Bertz CT molecular complexity index is 579. The van der Waals surface area contributed by atoms with Crippen LogP contribution in [-0.2, 0) is 6.42 Å². The van der Waals surface area contributed by atoms with Crippen LogP contribution < -0.4 is 0 Å². The minimum absolute atomic E-state index is 0.557. The number of pyridine rings is 1. The second kappa shape index (κ2) is 3.44. The molecule has 16 heavy (non-hydrogen) atoms. The molecule has 0 N–H and O–H groups in total. The normalized spacial score (nSPS) is 13.7. The van der Waals surface area contributed by atoms with E-state index in [2.05, 4.69) is 50.3 Å². The zero-order valence-corrected chi connectivity index (χ0v) is 9.70. The van der Waals surface area contributed by atoms with Crippen LogP contribution >= 0.6 is 0 Å². The first-order valence-corrected chi connectivity index (χ1v) is 5.85. The van der Waals surface area contributed by atoms with Crippen molar-refractivity contribution in [3.63, 3.8) is 0 Å². The first kappa shape index (κ1) is 9.59. The molecule has 0 atom stereocenters. The summed E-state index contributed by atoms with van der Waals surface area (Å²) in [7, 11) is 0. The Kier molecular flexibility index (Phi) is 2.06. The first-order chi connectivity index (χ1) is 7.77. The van der Waals surface area contributed by atoms with Gasteiger partial charge in [0.15, 0.2) is 0 Å². The minimum atomic E-state index is 0.557. The van der Waals surface area contributed by atoms with Crippen LogP contribution in [0.1, 0.15) is 36.6 Å². The molecule has 1 nitrogen and oxygen atoms in total. The fraction of sp³-hybridized carbons (Fsp3) is 0.267. The van der Waals surface area contributed by atoms with Crippen LogP contribution in [-0.4, -0.2) is 4.98 Å². The van der Waals surface area contributed by atoms with Gasteiger partial charge in [-0.1, -0.05) is 38.1 Å². The van der Waals surface area contributed by atoms with Gasteiger partial charge in [0.25, 0.3) is 0 Å². The third-order valence-electron chi connectivity index (χ3n) is 3.24. The molecule has 0 unspecified atom stereocenters. The van der Waals surface area contributed by atoms with E-state index in [-0.39, 0.29) is 0 Å². The molecule has 1 heteroatoms. The van der Waals surface area contributed by atoms with Gasteiger partial charge >= 0.3 is 0 Å². The lowest BCUT2D eigenvalue weighted by Crippen LogP contribution is -2.00. The molecule has 0 aliphatic heterocycles. The molecule has 0 spiro atoms. The molecule has 0 saturated heterocycles. The second-order valence-electron chi connectivity index (χ2n) is 4.67. The Balaban J connectivity index is 2.43. The molecule has 1 aliphatic rings. The maximum Gasteiger partial charge on any atom is 0.0712 e. The van der Waals surface area contributed by atoms with Crippen molar-refractivity contribution in [1.29, 1.82) is 0 Å². The average Bonchev–Trinajstić information content (AvgIpc) is 2.72. The van der Waals surface area contributed by atoms with Gasteiger partial charge < -0.3 is 0 Å². The predicted octanol–water partition coefficient (Wildman–Crippen LogP) is 3.93. The zero-order valence-electron chi connectivity index (χ0n) is 9.70. The van der Waals surface area contributed by atoms with E-state index in [1.54, 1.807) is 0 Å². The topological polar surface area (TPSA) is 12.9 Å². The van der Waals surface area contributed by atoms with Gasteiger partial charge in [-0.15, -0.1) is 0 Å². The monoisotopic (exact) mass is 209 g/mol. The van der Waals surface area contributed by atoms with E-state index in [9.17, 15) is 0 Å². The van der Waals surface area contributed by atoms with Crippen LogP contribution in [0.3, 0.4) is 0 Å². The summed E-state index contributed by atoms with van der Waals surface area (Å²) in [6.07, 6.45) is 5.40. The van der Waals surface area contributed by atoms with Crippen molar-refractivity contribution < 1.29 is 0 Å². The summed E-state index contributed by atoms with van der Waals surface area (Å²) in [6, 6.07) is 8.46. The van der Waals surface area contributed by atoms with Crippen molar-refractivity contribution in [2.75, 3.05) is 0 Å². The van der Waals surface area contributed by atoms with E-state index in [1.165, 1.54) is 22.2 Å². The lowest BCUT2D eigenvalue weighted by atomic mass is 9.92. The molecule has 0 amide bonds. The van der Waals surface area contributed by atoms with Crippen molar-refractivity contribution in [3.8, 4) is 0 Å². The van der Waals surface area contributed by atoms with Crippen LogP contribution in [0.15, 0.2) is 30.3 Å². The van der Waals surface area contributed by atoms with Gasteiger partial charge in [-0.3, -0.25) is 0 Å². The summed E-state index contributed by atoms with van der Waals surface area (Å²) in [4.78, 5) is 4.71. The minimum Gasteiger partial charge on any atom is -0.248 e. The third-order valence-corrected chi connectivity index (χ3v) is 3.24. The Hall–Kier alpha value is -1.63. The fourth-order valence-corrected chi connectivity index (χ4v) is 2.60. The number of benzene rings is 1. The molecule has 0 saturated carbocycles. The molecule has 1 aliphatic carbocycles. The van der Waals surface area contributed by atoms with Crippen molar-refractivity contribution in [2.24, 2.45) is 0 Å². The number of nitrogens with zero attached hydrogens (tertiary/aromatic N) is 1. The number of hydrogen-bond acceptors (Lipinski definition) is 1. The molecular weight excluding hydrogens is 194 g/mol. The number of para-hydroxylation sites is 1. The fourth-order valence-electron chi connectivity index (χ4n) is 2.60. The van der Waals surface area contributed by atoms with Crippen LogP contribution in [0.4, 0.5) is 0 Å². The van der Waals surface area contributed by atoms with E-state index >= 15 is 0 Å². The Morgan fingerprint density at radius 3 is 2.81 bits per heavy atom. The van der Waals surface area contributed by atoms with Gasteiger partial charge in [0, 0.05) is 5.39 Å². The van der Waals surface area contributed by atoms with E-state index in [0.29, 0.717) is 5.92 Å². The van der Waals surface area contributed by atoms with Gasteiger partial charge in [-0.2, -0.15) is 0 Å². The SMILES string of the molecule is CC(C)c1c2c(nc3ccccc13)C=CC2. The standard InChI is InChI=1S/C15H15N/c1-10(2)15-11-6-3-4-8-13(11)16-14-9-5-7-12(14)15/h3-6,8-10H,7H2,1-2H3. The number of aromatic nitrogens is 1. The van der Waals surface area contributed by atoms with Crippen LogP contribution in [0.25, 0.3) is 17.0 Å². The molecule has 1 heterocycles. The summed E-state index contributed by atoms with van der Waals surface area (Å²) in [5, 5.41) is 1.32. The first-order valence-electron chi connectivity index (χ1n) is 5.85. The van der Waals surface area contributed by atoms with Crippen molar-refractivity contribution in [1.82, 2.24) is 4.98 Å². The van der Waals surface area contributed by atoms with Gasteiger partial charge in [-0.05, 0) is 35.6 Å². The molecule has 80 valence electrons. The zero-order chi connectivity index (χ0) is 11.1. The lowest BCUT2D eigenvalue weighted by Gasteiger charge is -2.15. The molecule has 0 radical (unpaired) electrons. The third kappa shape index (κ3) is 1.28. The highest BCUT2D eigenvalue weighted by molar-refractivity contribution is 5.86. The molecule has 2 aromatic rings. The van der Waals surface area contributed by atoms with Crippen molar-refractivity contribution >= 4 is 17.0 Å². The smallest absolute Gasteiger partial charge is 0.0712 e. The van der Waals surface area contributed by atoms with Crippen LogP contribution in [0, 0.1) is 0 Å². The van der Waals surface area contributed by atoms with Gasteiger partial charge in [-0.25, -0.2) is 4.98 Å². The number of fused-ring (bicyclic) bond motifs is 2. The molecule has 0 fully saturated rings. The van der Waals surface area contributed by atoms with Gasteiger partial charge in [0.1, 0.15) is 0 Å². The number of rotatable bonds is 1. The van der Waals surface area contributed by atoms with E-state index in [4.69, 9.17) is 4.98 Å². The molecule has 1 aromatic carbocycles. The predicted molar refractivity (Wildman–Crippen MR) is 68.6 cm³/mol. The van der Waals surface area contributed by atoms with Crippen LogP contribution in [0.2, 0.25) is 0 Å². The highest BCUT2D eigenvalue weighted by Crippen LogP contribution is 2.33. The van der Waals surface area contributed by atoms with E-state index in [1.807, 2.05) is 0 Å². The number of hydrogen-bond donors (Lipinski definition) is 0. The summed E-state index contributed by atoms with van der Waals surface area (Å²) < 4.78 is 0. The summed E-state index contributed by atoms with van der Waals surface area (Å²) in [6.45, 7) is 4.53. The van der Waals surface area contributed by atoms with E-state index in [0.717, 1.165) is 11.9 Å². The maximum atomic E-state index is 4.71. The summed E-state index contributed by atoms with van der Waals surface area (Å²) in [5.74, 6) is 0.557. The van der Waals surface area contributed by atoms with Gasteiger partial charge in [0.2, 0.25) is 0 Å². The Morgan fingerprint density at radius 1 is 1.19 bits per heavy atom. The average molecular weight is 209 g/mol. The molecule has 3 rings (SSSR count). The Labute approximate surface area is 95.8 Å². The highest BCUT2D eigenvalue weighted by Gasteiger charge is 2.17. The van der Waals surface area contributed by atoms with Gasteiger partial charge in [0.05, 0.1) is 11.2 Å². The van der Waals surface area contributed by atoms with Crippen molar-refractivity contribution in [3.05, 3.63) is 47.2 Å². The lowest BCUT2D eigenvalue weighted by molar-refractivity contribution is 0.858. The van der Waals surface area contributed by atoms with Crippen LogP contribution in [0.5, 0.6) is 0 Å². The second-order valence-corrected chi connectivity index (χ2v) is 4.67. The van der Waals surface area contributed by atoms with E-state index < -0.39 is 0 Å². The maximum absolute atomic E-state index is 4.71. The summed E-state index contributed by atoms with van der Waals surface area (Å²) in [5.41, 5.74) is 5.19. The van der Waals surface area contributed by atoms with Crippen molar-refractivity contribution in [2.45, 2.75) is 26.2 Å².